The molecule has 8 heteroatoms. The Bertz CT molecular complexity index is 845. The van der Waals surface area contributed by atoms with Crippen LogP contribution < -0.4 is 4.72 Å². The van der Waals surface area contributed by atoms with Crippen molar-refractivity contribution in [1.29, 1.82) is 5.26 Å². The largest absolute Gasteiger partial charge is 0.280 e. The molecule has 2 aromatic carbocycles. The number of benzene rings is 2. The number of rotatable bonds is 3. The molecule has 0 atom stereocenters. The lowest BCUT2D eigenvalue weighted by molar-refractivity contribution is 0.601. The third kappa shape index (κ3) is 3.60. The minimum absolute atomic E-state index is 0.0429. The summed E-state index contributed by atoms with van der Waals surface area (Å²) in [6.07, 6.45) is 0. The molecule has 2 rings (SSSR count). The number of nitrogens with one attached hydrogen (secondary N) is 1. The van der Waals surface area contributed by atoms with E-state index in [-0.39, 0.29) is 31.2 Å². The molecule has 0 aromatic heterocycles. The van der Waals surface area contributed by atoms with E-state index in [2.05, 4.69) is 4.72 Å². The fourth-order valence-electron chi connectivity index (χ4n) is 1.57. The quantitative estimate of drug-likeness (QED) is 0.885. The highest BCUT2D eigenvalue weighted by Gasteiger charge is 2.19. The van der Waals surface area contributed by atoms with E-state index in [1.54, 1.807) is 0 Å². The molecule has 0 heterocycles. The Hall–Kier alpha value is -1.45. The number of halogens is 3. The van der Waals surface area contributed by atoms with Crippen LogP contribution in [-0.2, 0) is 10.0 Å². The lowest BCUT2D eigenvalue weighted by Gasteiger charge is -2.10. The van der Waals surface area contributed by atoms with Gasteiger partial charge in [0.1, 0.15) is 11.0 Å². The lowest BCUT2D eigenvalue weighted by Crippen LogP contribution is -2.13. The summed E-state index contributed by atoms with van der Waals surface area (Å²) in [5.41, 5.74) is 0.362. The van der Waals surface area contributed by atoms with E-state index in [0.29, 0.717) is 0 Å². The Morgan fingerprint density at radius 1 is 1.00 bits per heavy atom. The lowest BCUT2D eigenvalue weighted by atomic mass is 10.2. The molecule has 0 aliphatic heterocycles. The number of nitrogens with zero attached hydrogens (tertiary/aromatic N) is 1. The van der Waals surface area contributed by atoms with E-state index < -0.39 is 10.0 Å². The molecular formula is C13H7Cl3N2O2S. The second-order valence-corrected chi connectivity index (χ2v) is 6.89. The van der Waals surface area contributed by atoms with Crippen LogP contribution in [0.3, 0.4) is 0 Å². The molecule has 21 heavy (non-hydrogen) atoms. The van der Waals surface area contributed by atoms with Crippen molar-refractivity contribution < 1.29 is 8.42 Å². The molecule has 108 valence electrons. The van der Waals surface area contributed by atoms with Crippen molar-refractivity contribution in [2.75, 3.05) is 4.72 Å². The molecule has 0 spiro atoms. The molecule has 0 aliphatic rings. The van der Waals surface area contributed by atoms with Gasteiger partial charge < -0.3 is 0 Å². The standard InChI is InChI=1S/C13H7Cl3N2O2S/c14-9-1-3-12(16)13(6-9)21(19,20)18-10-2-4-11(15)8(5-10)7-17/h1-6,18H. The molecule has 1 N–H and O–H groups in total. The summed E-state index contributed by atoms with van der Waals surface area (Å²) in [7, 11) is -3.92. The maximum atomic E-state index is 12.3. The predicted molar refractivity (Wildman–Crippen MR) is 83.4 cm³/mol. The van der Waals surface area contributed by atoms with Gasteiger partial charge in [0.2, 0.25) is 0 Å². The smallest absolute Gasteiger partial charge is 0.263 e. The summed E-state index contributed by atoms with van der Waals surface area (Å²) in [6, 6.07) is 10.2. The monoisotopic (exact) mass is 360 g/mol. The Morgan fingerprint density at radius 2 is 1.67 bits per heavy atom. The second kappa shape index (κ2) is 6.12. The summed E-state index contributed by atoms with van der Waals surface area (Å²) < 4.78 is 26.9. The summed E-state index contributed by atoms with van der Waals surface area (Å²) in [5, 5.41) is 9.41. The van der Waals surface area contributed by atoms with E-state index in [1.165, 1.54) is 36.4 Å². The average Bonchev–Trinajstić information content (AvgIpc) is 2.43. The molecule has 0 bridgehead atoms. The Kier molecular flexibility index (Phi) is 4.64. The van der Waals surface area contributed by atoms with E-state index in [9.17, 15) is 8.42 Å². The molecule has 0 saturated heterocycles. The van der Waals surface area contributed by atoms with Crippen molar-refractivity contribution in [1.82, 2.24) is 0 Å². The first-order chi connectivity index (χ1) is 9.83. The number of hydrogen-bond donors (Lipinski definition) is 1. The molecule has 0 aliphatic carbocycles. The molecule has 2 aromatic rings. The van der Waals surface area contributed by atoms with Crippen molar-refractivity contribution in [2.24, 2.45) is 0 Å². The number of hydrogen-bond acceptors (Lipinski definition) is 3. The first kappa shape index (κ1) is 15.9. The van der Waals surface area contributed by atoms with Gasteiger partial charge in [-0.2, -0.15) is 5.26 Å². The third-order valence-corrected chi connectivity index (χ3v) is 4.95. The van der Waals surface area contributed by atoms with Crippen molar-refractivity contribution in [3.8, 4) is 6.07 Å². The topological polar surface area (TPSA) is 70.0 Å². The van der Waals surface area contributed by atoms with Crippen LogP contribution >= 0.6 is 34.8 Å². The van der Waals surface area contributed by atoms with Gasteiger partial charge in [-0.1, -0.05) is 34.8 Å². The van der Waals surface area contributed by atoms with Gasteiger partial charge >= 0.3 is 0 Å². The van der Waals surface area contributed by atoms with Crippen molar-refractivity contribution in [3.63, 3.8) is 0 Å². The SMILES string of the molecule is N#Cc1cc(NS(=O)(=O)c2cc(Cl)ccc2Cl)ccc1Cl. The molecule has 0 fully saturated rings. The third-order valence-electron chi connectivity index (χ3n) is 2.52. The second-order valence-electron chi connectivity index (χ2n) is 3.99. The summed E-state index contributed by atoms with van der Waals surface area (Å²) in [5.74, 6) is 0. The highest BCUT2D eigenvalue weighted by Crippen LogP contribution is 2.28. The zero-order valence-electron chi connectivity index (χ0n) is 10.3. The molecule has 4 nitrogen and oxygen atoms in total. The minimum Gasteiger partial charge on any atom is -0.280 e. The fourth-order valence-corrected chi connectivity index (χ4v) is 3.54. The maximum Gasteiger partial charge on any atom is 0.263 e. The van der Waals surface area contributed by atoms with Crippen LogP contribution in [0.25, 0.3) is 0 Å². The average molecular weight is 362 g/mol. The number of anilines is 1. The van der Waals surface area contributed by atoms with E-state index in [1.807, 2.05) is 6.07 Å². The van der Waals surface area contributed by atoms with Crippen LogP contribution in [0.4, 0.5) is 5.69 Å². The van der Waals surface area contributed by atoms with Crippen LogP contribution in [0.1, 0.15) is 5.56 Å². The molecule has 0 saturated carbocycles. The predicted octanol–water partition coefficient (Wildman–Crippen LogP) is 4.32. The first-order valence-electron chi connectivity index (χ1n) is 5.51. The number of nitriles is 1. The minimum atomic E-state index is -3.92. The zero-order chi connectivity index (χ0) is 15.6. The van der Waals surface area contributed by atoms with Gasteiger partial charge in [-0.25, -0.2) is 8.42 Å². The van der Waals surface area contributed by atoms with E-state index in [0.717, 1.165) is 0 Å². The molecule has 0 radical (unpaired) electrons. The van der Waals surface area contributed by atoms with Crippen LogP contribution in [-0.4, -0.2) is 8.42 Å². The van der Waals surface area contributed by atoms with Gasteiger partial charge in [0.25, 0.3) is 10.0 Å². The Morgan fingerprint density at radius 3 is 2.33 bits per heavy atom. The summed E-state index contributed by atoms with van der Waals surface area (Å²) in [4.78, 5) is -0.148. The zero-order valence-corrected chi connectivity index (χ0v) is 13.4. The first-order valence-corrected chi connectivity index (χ1v) is 8.13. The van der Waals surface area contributed by atoms with Crippen molar-refractivity contribution in [2.45, 2.75) is 4.90 Å². The van der Waals surface area contributed by atoms with E-state index in [4.69, 9.17) is 40.1 Å². The Balaban J connectivity index is 2.43. The summed E-state index contributed by atoms with van der Waals surface area (Å²) in [6.45, 7) is 0. The van der Waals surface area contributed by atoms with Crippen LogP contribution in [0.5, 0.6) is 0 Å². The van der Waals surface area contributed by atoms with Gasteiger partial charge in [0, 0.05) is 5.02 Å². The van der Waals surface area contributed by atoms with Gasteiger partial charge in [-0.05, 0) is 36.4 Å². The van der Waals surface area contributed by atoms with Gasteiger partial charge in [0.15, 0.2) is 0 Å². The highest BCUT2D eigenvalue weighted by molar-refractivity contribution is 7.92. The van der Waals surface area contributed by atoms with Gasteiger partial charge in [-0.3, -0.25) is 4.72 Å². The molecular weight excluding hydrogens is 355 g/mol. The normalized spacial score (nSPS) is 11.0. The van der Waals surface area contributed by atoms with Crippen molar-refractivity contribution in [3.05, 3.63) is 57.0 Å². The Labute approximate surface area is 136 Å². The van der Waals surface area contributed by atoms with E-state index >= 15 is 0 Å². The fraction of sp³-hybridized carbons (Fsp3) is 0. The molecule has 0 unspecified atom stereocenters. The van der Waals surface area contributed by atoms with Crippen LogP contribution in [0, 0.1) is 11.3 Å². The van der Waals surface area contributed by atoms with Crippen LogP contribution in [0.15, 0.2) is 41.3 Å². The van der Waals surface area contributed by atoms with Gasteiger partial charge in [-0.15, -0.1) is 0 Å². The van der Waals surface area contributed by atoms with Gasteiger partial charge in [0.05, 0.1) is 21.3 Å². The van der Waals surface area contributed by atoms with Crippen LogP contribution in [0.2, 0.25) is 15.1 Å². The van der Waals surface area contributed by atoms with Crippen molar-refractivity contribution >= 4 is 50.5 Å². The maximum absolute atomic E-state index is 12.3. The number of sulfonamides is 1. The highest BCUT2D eigenvalue weighted by atomic mass is 35.5. The molecule has 0 amide bonds. The summed E-state index contributed by atoms with van der Waals surface area (Å²) >= 11 is 17.5.